The summed E-state index contributed by atoms with van der Waals surface area (Å²) < 4.78 is 1.76. The van der Waals surface area contributed by atoms with Gasteiger partial charge in [-0.1, -0.05) is 55.5 Å². The molecule has 2 aromatic heterocycles. The molecule has 0 radical (unpaired) electrons. The van der Waals surface area contributed by atoms with Gasteiger partial charge in [0.2, 0.25) is 5.91 Å². The van der Waals surface area contributed by atoms with Crippen molar-refractivity contribution in [2.75, 3.05) is 0 Å². The number of nitrogens with one attached hydrogen (secondary N) is 1. The molecule has 0 unspecified atom stereocenters. The quantitative estimate of drug-likeness (QED) is 0.645. The fourth-order valence-corrected chi connectivity index (χ4v) is 3.58. The van der Waals surface area contributed by atoms with E-state index in [0.717, 1.165) is 10.4 Å². The van der Waals surface area contributed by atoms with Gasteiger partial charge in [0.1, 0.15) is 5.69 Å². The summed E-state index contributed by atoms with van der Waals surface area (Å²) in [6.45, 7) is 4.86. The van der Waals surface area contributed by atoms with Crippen LogP contribution in [0, 0.1) is 5.92 Å². The first-order valence-electron chi connectivity index (χ1n) is 8.58. The Balaban J connectivity index is 1.60. The Labute approximate surface area is 157 Å². The summed E-state index contributed by atoms with van der Waals surface area (Å²) in [5.74, 6) is 0.187. The summed E-state index contributed by atoms with van der Waals surface area (Å²) in [6, 6.07) is 14.1. The van der Waals surface area contributed by atoms with E-state index >= 15 is 0 Å². The van der Waals surface area contributed by atoms with E-state index in [1.165, 1.54) is 6.08 Å². The lowest BCUT2D eigenvalue weighted by molar-refractivity contribution is -0.117. The number of thiophene rings is 1. The molecule has 0 saturated heterocycles. The minimum Gasteiger partial charge on any atom is -0.345 e. The minimum absolute atomic E-state index is 0.0147. The number of carbonyl (C=O) groups is 1. The first kappa shape index (κ1) is 18.1. The van der Waals surface area contributed by atoms with Crippen molar-refractivity contribution >= 4 is 23.3 Å². The molecule has 2 heterocycles. The molecule has 0 saturated carbocycles. The van der Waals surface area contributed by atoms with Gasteiger partial charge in [0.15, 0.2) is 0 Å². The molecule has 0 spiro atoms. The summed E-state index contributed by atoms with van der Waals surface area (Å²) >= 11 is 1.66. The van der Waals surface area contributed by atoms with E-state index in [0.29, 0.717) is 18.2 Å². The highest BCUT2D eigenvalue weighted by Gasteiger charge is 2.18. The summed E-state index contributed by atoms with van der Waals surface area (Å²) in [5.41, 5.74) is 1.81. The van der Waals surface area contributed by atoms with Crippen LogP contribution in [-0.2, 0) is 11.3 Å². The molecule has 0 bridgehead atoms. The average molecular weight is 366 g/mol. The topological polar surface area (TPSA) is 59.8 Å². The Morgan fingerprint density at radius 3 is 2.73 bits per heavy atom. The second kappa shape index (κ2) is 8.58. The number of carbonyl (C=O) groups excluding carboxylic acids is 1. The highest BCUT2D eigenvalue weighted by molar-refractivity contribution is 7.10. The fraction of sp³-hybridized carbons (Fsp3) is 0.250. The Kier molecular flexibility index (Phi) is 5.96. The van der Waals surface area contributed by atoms with E-state index in [1.54, 1.807) is 22.1 Å². The van der Waals surface area contributed by atoms with Crippen molar-refractivity contribution in [1.82, 2.24) is 20.3 Å². The van der Waals surface area contributed by atoms with Crippen molar-refractivity contribution < 1.29 is 4.79 Å². The van der Waals surface area contributed by atoms with Gasteiger partial charge < -0.3 is 5.32 Å². The van der Waals surface area contributed by atoms with Crippen molar-refractivity contribution in [3.05, 3.63) is 76.3 Å². The van der Waals surface area contributed by atoms with E-state index < -0.39 is 0 Å². The van der Waals surface area contributed by atoms with Gasteiger partial charge >= 0.3 is 0 Å². The van der Waals surface area contributed by atoms with Crippen LogP contribution in [0.1, 0.15) is 36.0 Å². The molecule has 1 N–H and O–H groups in total. The van der Waals surface area contributed by atoms with Crippen molar-refractivity contribution in [3.63, 3.8) is 0 Å². The van der Waals surface area contributed by atoms with E-state index in [1.807, 2.05) is 48.0 Å². The van der Waals surface area contributed by atoms with Crippen LogP contribution in [0.25, 0.3) is 6.08 Å². The van der Waals surface area contributed by atoms with Gasteiger partial charge in [-0.05, 0) is 29.0 Å². The number of nitrogens with zero attached hydrogens (tertiary/aromatic N) is 3. The van der Waals surface area contributed by atoms with Crippen LogP contribution in [0.5, 0.6) is 0 Å². The molecule has 1 amide bonds. The lowest BCUT2D eigenvalue weighted by Crippen LogP contribution is -2.29. The Morgan fingerprint density at radius 2 is 2.04 bits per heavy atom. The average Bonchev–Trinajstić information content (AvgIpc) is 3.30. The maximum Gasteiger partial charge on any atom is 0.244 e. The van der Waals surface area contributed by atoms with Crippen LogP contribution in [0.2, 0.25) is 0 Å². The molecule has 6 heteroatoms. The van der Waals surface area contributed by atoms with Crippen LogP contribution >= 0.6 is 11.3 Å². The third kappa shape index (κ3) is 4.89. The number of benzene rings is 1. The van der Waals surface area contributed by atoms with Crippen molar-refractivity contribution in [2.45, 2.75) is 26.4 Å². The van der Waals surface area contributed by atoms with Gasteiger partial charge in [-0.25, -0.2) is 4.68 Å². The Hall–Kier alpha value is -2.73. The van der Waals surface area contributed by atoms with Gasteiger partial charge in [0.25, 0.3) is 0 Å². The molecule has 26 heavy (non-hydrogen) atoms. The van der Waals surface area contributed by atoms with Gasteiger partial charge in [-0.15, -0.1) is 16.4 Å². The molecule has 1 atom stereocenters. The molecule has 0 aliphatic carbocycles. The summed E-state index contributed by atoms with van der Waals surface area (Å²) in [7, 11) is 0. The fourth-order valence-electron chi connectivity index (χ4n) is 2.63. The van der Waals surface area contributed by atoms with Crippen LogP contribution in [-0.4, -0.2) is 20.9 Å². The largest absolute Gasteiger partial charge is 0.345 e. The van der Waals surface area contributed by atoms with E-state index in [4.69, 9.17) is 0 Å². The molecular weight excluding hydrogens is 344 g/mol. The second-order valence-electron chi connectivity index (χ2n) is 6.41. The number of hydrogen-bond donors (Lipinski definition) is 1. The van der Waals surface area contributed by atoms with Gasteiger partial charge in [-0.2, -0.15) is 0 Å². The molecular formula is C20H22N4OS. The first-order chi connectivity index (χ1) is 12.6. The molecule has 0 fully saturated rings. The van der Waals surface area contributed by atoms with Gasteiger partial charge in [-0.3, -0.25) is 4.79 Å². The molecule has 3 aromatic rings. The van der Waals surface area contributed by atoms with E-state index in [2.05, 4.69) is 35.5 Å². The summed E-state index contributed by atoms with van der Waals surface area (Å²) in [6.07, 6.45) is 5.03. The molecule has 134 valence electrons. The number of rotatable bonds is 7. The molecule has 0 aliphatic heterocycles. The Bertz CT molecular complexity index is 853. The van der Waals surface area contributed by atoms with E-state index in [9.17, 15) is 4.79 Å². The SMILES string of the molecule is CC(C)[C@@H](NC(=O)/C=C/c1cn(Cc2ccccc2)nn1)c1cccs1. The van der Waals surface area contributed by atoms with Crippen LogP contribution in [0.4, 0.5) is 0 Å². The van der Waals surface area contributed by atoms with E-state index in [-0.39, 0.29) is 11.9 Å². The lowest BCUT2D eigenvalue weighted by atomic mass is 10.0. The minimum atomic E-state index is -0.130. The summed E-state index contributed by atoms with van der Waals surface area (Å²) in [4.78, 5) is 13.4. The standard InChI is InChI=1S/C20H22N4OS/c1-15(2)20(18-9-6-12-26-18)21-19(25)11-10-17-14-24(23-22-17)13-16-7-4-3-5-8-16/h3-12,14-15,20H,13H2,1-2H3,(H,21,25)/b11-10+/t20-/m1/s1. The smallest absolute Gasteiger partial charge is 0.244 e. The van der Waals surface area contributed by atoms with Crippen LogP contribution < -0.4 is 5.32 Å². The van der Waals surface area contributed by atoms with Gasteiger partial charge in [0, 0.05) is 11.0 Å². The molecule has 0 aliphatic rings. The third-order valence-electron chi connectivity index (χ3n) is 3.96. The van der Waals surface area contributed by atoms with Gasteiger partial charge in [0.05, 0.1) is 18.8 Å². The zero-order valence-electron chi connectivity index (χ0n) is 14.9. The maximum absolute atomic E-state index is 12.3. The number of aromatic nitrogens is 3. The zero-order valence-corrected chi connectivity index (χ0v) is 15.7. The third-order valence-corrected chi connectivity index (χ3v) is 4.92. The van der Waals surface area contributed by atoms with Crippen molar-refractivity contribution in [3.8, 4) is 0 Å². The molecule has 5 nitrogen and oxygen atoms in total. The summed E-state index contributed by atoms with van der Waals surface area (Å²) in [5, 5.41) is 13.3. The molecule has 1 aromatic carbocycles. The van der Waals surface area contributed by atoms with Crippen molar-refractivity contribution in [2.24, 2.45) is 5.92 Å². The second-order valence-corrected chi connectivity index (χ2v) is 7.38. The maximum atomic E-state index is 12.3. The van der Waals surface area contributed by atoms with Crippen molar-refractivity contribution in [1.29, 1.82) is 0 Å². The lowest BCUT2D eigenvalue weighted by Gasteiger charge is -2.20. The van der Waals surface area contributed by atoms with Crippen LogP contribution in [0.3, 0.4) is 0 Å². The highest BCUT2D eigenvalue weighted by atomic mass is 32.1. The zero-order chi connectivity index (χ0) is 18.4. The van der Waals surface area contributed by atoms with Crippen LogP contribution in [0.15, 0.2) is 60.1 Å². The predicted octanol–water partition coefficient (Wildman–Crippen LogP) is 3.91. The number of amides is 1. The highest BCUT2D eigenvalue weighted by Crippen LogP contribution is 2.25. The molecule has 3 rings (SSSR count). The predicted molar refractivity (Wildman–Crippen MR) is 105 cm³/mol. The number of hydrogen-bond acceptors (Lipinski definition) is 4. The normalized spacial score (nSPS) is 12.6. The first-order valence-corrected chi connectivity index (χ1v) is 9.46. The monoisotopic (exact) mass is 366 g/mol. The Morgan fingerprint density at radius 1 is 1.23 bits per heavy atom.